The van der Waals surface area contributed by atoms with E-state index in [0.29, 0.717) is 16.9 Å². The van der Waals surface area contributed by atoms with Gasteiger partial charge in [-0.2, -0.15) is 4.98 Å². The SMILES string of the molecule is Nc1nc(Cl)cc(NC(CO)C2C=CCC2)n1. The highest BCUT2D eigenvalue weighted by molar-refractivity contribution is 6.29. The van der Waals surface area contributed by atoms with Gasteiger partial charge in [0.15, 0.2) is 0 Å². The highest BCUT2D eigenvalue weighted by Crippen LogP contribution is 2.23. The van der Waals surface area contributed by atoms with Gasteiger partial charge in [0, 0.05) is 6.07 Å². The summed E-state index contributed by atoms with van der Waals surface area (Å²) in [6, 6.07) is 1.53. The van der Waals surface area contributed by atoms with Crippen molar-refractivity contribution in [2.24, 2.45) is 5.92 Å². The van der Waals surface area contributed by atoms with Crippen LogP contribution in [0.2, 0.25) is 5.15 Å². The van der Waals surface area contributed by atoms with Crippen LogP contribution in [0.4, 0.5) is 11.8 Å². The van der Waals surface area contributed by atoms with Crippen molar-refractivity contribution in [2.75, 3.05) is 17.7 Å². The van der Waals surface area contributed by atoms with Crippen LogP contribution < -0.4 is 11.1 Å². The third-order valence-corrected chi connectivity index (χ3v) is 3.00. The Morgan fingerprint density at radius 1 is 1.59 bits per heavy atom. The number of rotatable bonds is 4. The number of aliphatic hydroxyl groups is 1. The highest BCUT2D eigenvalue weighted by Gasteiger charge is 2.21. The van der Waals surface area contributed by atoms with Gasteiger partial charge >= 0.3 is 0 Å². The van der Waals surface area contributed by atoms with Crippen LogP contribution in [-0.4, -0.2) is 27.7 Å². The summed E-state index contributed by atoms with van der Waals surface area (Å²) in [6.07, 6.45) is 6.32. The van der Waals surface area contributed by atoms with Crippen LogP contribution in [0.25, 0.3) is 0 Å². The zero-order chi connectivity index (χ0) is 12.3. The average Bonchev–Trinajstić information content (AvgIpc) is 2.77. The number of hydrogen-bond acceptors (Lipinski definition) is 5. The van der Waals surface area contributed by atoms with E-state index in [1.165, 1.54) is 0 Å². The lowest BCUT2D eigenvalue weighted by Crippen LogP contribution is -2.31. The van der Waals surface area contributed by atoms with Gasteiger partial charge in [-0.05, 0) is 18.8 Å². The molecule has 0 amide bonds. The Balaban J connectivity index is 2.09. The molecule has 2 atom stereocenters. The Hall–Kier alpha value is -1.33. The van der Waals surface area contributed by atoms with E-state index in [0.717, 1.165) is 12.8 Å². The molecule has 4 N–H and O–H groups in total. The molecule has 1 aromatic heterocycles. The first kappa shape index (κ1) is 12.1. The minimum absolute atomic E-state index is 0.0382. The highest BCUT2D eigenvalue weighted by atomic mass is 35.5. The monoisotopic (exact) mass is 254 g/mol. The van der Waals surface area contributed by atoms with Gasteiger partial charge in [-0.15, -0.1) is 0 Å². The molecule has 1 heterocycles. The number of nitrogens with two attached hydrogens (primary N) is 1. The molecule has 0 bridgehead atoms. The summed E-state index contributed by atoms with van der Waals surface area (Å²) in [5.41, 5.74) is 5.51. The number of hydrogen-bond donors (Lipinski definition) is 3. The van der Waals surface area contributed by atoms with Crippen molar-refractivity contribution in [3.05, 3.63) is 23.4 Å². The number of anilines is 2. The molecule has 0 fully saturated rings. The maximum atomic E-state index is 9.38. The third kappa shape index (κ3) is 3.08. The second-order valence-corrected chi connectivity index (χ2v) is 4.42. The standard InChI is InChI=1S/C11H15ClN4O/c12-9-5-10(16-11(13)15-9)14-8(6-17)7-3-1-2-4-7/h1,3,5,7-8,17H,2,4,6H2,(H3,13,14,15,16). The molecule has 17 heavy (non-hydrogen) atoms. The lowest BCUT2D eigenvalue weighted by Gasteiger charge is -2.22. The molecule has 0 aromatic carbocycles. The molecule has 0 radical (unpaired) electrons. The van der Waals surface area contributed by atoms with Crippen molar-refractivity contribution in [3.63, 3.8) is 0 Å². The Kier molecular flexibility index (Phi) is 3.81. The topological polar surface area (TPSA) is 84.1 Å². The molecular weight excluding hydrogens is 240 g/mol. The molecule has 0 aliphatic heterocycles. The predicted molar refractivity (Wildman–Crippen MR) is 67.8 cm³/mol. The summed E-state index contributed by atoms with van der Waals surface area (Å²) in [6.45, 7) is 0.0382. The maximum Gasteiger partial charge on any atom is 0.223 e. The molecule has 2 unspecified atom stereocenters. The smallest absolute Gasteiger partial charge is 0.223 e. The second kappa shape index (κ2) is 5.33. The zero-order valence-electron chi connectivity index (χ0n) is 9.31. The molecule has 5 nitrogen and oxygen atoms in total. The van der Waals surface area contributed by atoms with E-state index >= 15 is 0 Å². The Morgan fingerprint density at radius 3 is 3.00 bits per heavy atom. The predicted octanol–water partition coefficient (Wildman–Crippen LogP) is 1.45. The van der Waals surface area contributed by atoms with Crippen LogP contribution in [0, 0.1) is 5.92 Å². The largest absolute Gasteiger partial charge is 0.394 e. The van der Waals surface area contributed by atoms with Crippen molar-refractivity contribution in [1.82, 2.24) is 9.97 Å². The van der Waals surface area contributed by atoms with E-state index in [-0.39, 0.29) is 18.6 Å². The molecule has 6 heteroatoms. The first-order chi connectivity index (χ1) is 8.19. The number of halogens is 1. The fourth-order valence-corrected chi connectivity index (χ4v) is 2.17. The van der Waals surface area contributed by atoms with Crippen molar-refractivity contribution in [3.8, 4) is 0 Å². The van der Waals surface area contributed by atoms with E-state index in [2.05, 4.69) is 27.4 Å². The van der Waals surface area contributed by atoms with E-state index in [9.17, 15) is 5.11 Å². The Morgan fingerprint density at radius 2 is 2.41 bits per heavy atom. The molecule has 1 aliphatic carbocycles. The number of nitrogens with zero attached hydrogens (tertiary/aromatic N) is 2. The van der Waals surface area contributed by atoms with Crippen LogP contribution >= 0.6 is 11.6 Å². The maximum absolute atomic E-state index is 9.38. The molecule has 0 saturated carbocycles. The molecule has 1 aliphatic rings. The zero-order valence-corrected chi connectivity index (χ0v) is 10.1. The van der Waals surface area contributed by atoms with Gasteiger partial charge in [-0.1, -0.05) is 23.8 Å². The molecule has 0 spiro atoms. The molecule has 2 rings (SSSR count). The first-order valence-corrected chi connectivity index (χ1v) is 5.91. The molecule has 0 saturated heterocycles. The fraction of sp³-hybridized carbons (Fsp3) is 0.455. The summed E-state index contributed by atoms with van der Waals surface area (Å²) in [5, 5.41) is 12.8. The minimum atomic E-state index is -0.0703. The lowest BCUT2D eigenvalue weighted by molar-refractivity contribution is 0.251. The van der Waals surface area contributed by atoms with Gasteiger partial charge in [-0.3, -0.25) is 0 Å². The van der Waals surface area contributed by atoms with E-state index in [1.54, 1.807) is 6.07 Å². The number of aliphatic hydroxyl groups excluding tert-OH is 1. The van der Waals surface area contributed by atoms with E-state index < -0.39 is 0 Å². The van der Waals surface area contributed by atoms with Crippen molar-refractivity contribution in [1.29, 1.82) is 0 Å². The number of allylic oxidation sites excluding steroid dienone is 1. The lowest BCUT2D eigenvalue weighted by atomic mass is 10.00. The normalized spacial score (nSPS) is 20.5. The quantitative estimate of drug-likeness (QED) is 0.560. The van der Waals surface area contributed by atoms with Crippen molar-refractivity contribution < 1.29 is 5.11 Å². The fourth-order valence-electron chi connectivity index (χ4n) is 1.98. The summed E-state index contributed by atoms with van der Waals surface area (Å²) in [7, 11) is 0. The van der Waals surface area contributed by atoms with Gasteiger partial charge in [0.05, 0.1) is 12.6 Å². The molecule has 92 valence electrons. The van der Waals surface area contributed by atoms with Gasteiger partial charge in [0.1, 0.15) is 11.0 Å². The minimum Gasteiger partial charge on any atom is -0.394 e. The summed E-state index contributed by atoms with van der Waals surface area (Å²) in [4.78, 5) is 7.81. The van der Waals surface area contributed by atoms with Crippen LogP contribution in [0.3, 0.4) is 0 Å². The van der Waals surface area contributed by atoms with Gasteiger partial charge < -0.3 is 16.2 Å². The molecule has 1 aromatic rings. The Bertz CT molecular complexity index is 404. The van der Waals surface area contributed by atoms with Crippen LogP contribution in [0.1, 0.15) is 12.8 Å². The van der Waals surface area contributed by atoms with Crippen molar-refractivity contribution in [2.45, 2.75) is 18.9 Å². The summed E-state index contributed by atoms with van der Waals surface area (Å²) >= 11 is 5.79. The summed E-state index contributed by atoms with van der Waals surface area (Å²) in [5.74, 6) is 0.982. The number of nitrogen functional groups attached to an aromatic ring is 1. The second-order valence-electron chi connectivity index (χ2n) is 4.04. The Labute approximate surface area is 105 Å². The van der Waals surface area contributed by atoms with Gasteiger partial charge in [0.2, 0.25) is 5.95 Å². The average molecular weight is 255 g/mol. The summed E-state index contributed by atoms with van der Waals surface area (Å²) < 4.78 is 0. The third-order valence-electron chi connectivity index (χ3n) is 2.81. The van der Waals surface area contributed by atoms with E-state index in [4.69, 9.17) is 17.3 Å². The first-order valence-electron chi connectivity index (χ1n) is 5.53. The molecular formula is C11H15ClN4O. The number of aromatic nitrogens is 2. The van der Waals surface area contributed by atoms with Crippen molar-refractivity contribution >= 4 is 23.4 Å². The van der Waals surface area contributed by atoms with Gasteiger partial charge in [0.25, 0.3) is 0 Å². The number of nitrogens with one attached hydrogen (secondary N) is 1. The van der Waals surface area contributed by atoms with Crippen LogP contribution in [0.15, 0.2) is 18.2 Å². The van der Waals surface area contributed by atoms with Crippen LogP contribution in [-0.2, 0) is 0 Å². The van der Waals surface area contributed by atoms with E-state index in [1.807, 2.05) is 0 Å². The van der Waals surface area contributed by atoms with Crippen LogP contribution in [0.5, 0.6) is 0 Å². The van der Waals surface area contributed by atoms with Gasteiger partial charge in [-0.25, -0.2) is 4.98 Å².